The molecule has 1 N–H and O–H groups in total. The molecule has 1 saturated carbocycles. The summed E-state index contributed by atoms with van der Waals surface area (Å²) in [6.07, 6.45) is 3.19. The number of halogens is 1. The van der Waals surface area contributed by atoms with E-state index < -0.39 is 5.91 Å². The van der Waals surface area contributed by atoms with Crippen molar-refractivity contribution in [2.75, 3.05) is 10.2 Å². The van der Waals surface area contributed by atoms with Crippen molar-refractivity contribution in [1.29, 1.82) is 0 Å². The fourth-order valence-electron chi connectivity index (χ4n) is 3.60. The number of aromatic nitrogens is 2. The van der Waals surface area contributed by atoms with Crippen molar-refractivity contribution in [2.45, 2.75) is 25.7 Å². The largest absolute Gasteiger partial charge is 0.300 e. The molecule has 4 rings (SSSR count). The number of nitrogens with zero attached hydrogens (tertiary/aromatic N) is 3. The van der Waals surface area contributed by atoms with Crippen LogP contribution in [-0.4, -0.2) is 28.0 Å². The van der Waals surface area contributed by atoms with Crippen LogP contribution in [0.2, 0.25) is 5.02 Å². The average molecular weight is 375 g/mol. The lowest BCUT2D eigenvalue weighted by Crippen LogP contribution is -2.32. The molecule has 0 unspecified atom stereocenters. The molecule has 1 saturated heterocycles. The number of hydrogen-bond acceptors (Lipinski definition) is 6. The summed E-state index contributed by atoms with van der Waals surface area (Å²) < 4.78 is 4.68. The maximum atomic E-state index is 12.7. The molecule has 1 aromatic heterocycles. The predicted molar refractivity (Wildman–Crippen MR) is 91.6 cm³/mol. The highest BCUT2D eigenvalue weighted by Gasteiger charge is 2.50. The van der Waals surface area contributed by atoms with Gasteiger partial charge in [-0.05, 0) is 35.3 Å². The zero-order chi connectivity index (χ0) is 18.3. The van der Waals surface area contributed by atoms with Gasteiger partial charge in [0.1, 0.15) is 0 Å². The molecule has 26 heavy (non-hydrogen) atoms. The first-order valence-electron chi connectivity index (χ1n) is 8.34. The smallest absolute Gasteiger partial charge is 0.258 e. The minimum Gasteiger partial charge on any atom is -0.300 e. The number of carbonyl (C=O) groups is 3. The number of rotatable bonds is 3. The summed E-state index contributed by atoms with van der Waals surface area (Å²) in [5.74, 6) is -2.01. The topological polar surface area (TPSA) is 105 Å². The average Bonchev–Trinajstić information content (AvgIpc) is 3.18. The summed E-state index contributed by atoms with van der Waals surface area (Å²) >= 11 is 6.02. The van der Waals surface area contributed by atoms with Crippen LogP contribution in [0.15, 0.2) is 28.9 Å². The Bertz CT molecular complexity index is 872. The standard InChI is InChI=1S/C17H15ClN4O4/c18-12-8-4-3-7-11(12)15(23)19-13-14(21-26-20-13)22-16(24)9-5-1-2-6-10(9)17(22)25/h3-4,7-10H,1-2,5-6H2,(H,19,20,23)/t9-,10-/m1/s1. The van der Waals surface area contributed by atoms with Crippen LogP contribution in [0.25, 0.3) is 0 Å². The summed E-state index contributed by atoms with van der Waals surface area (Å²) in [5.41, 5.74) is 0.232. The normalized spacial score (nSPS) is 22.4. The van der Waals surface area contributed by atoms with Gasteiger partial charge in [0.25, 0.3) is 5.91 Å². The van der Waals surface area contributed by atoms with E-state index in [9.17, 15) is 14.4 Å². The van der Waals surface area contributed by atoms with Gasteiger partial charge in [-0.15, -0.1) is 0 Å². The zero-order valence-electron chi connectivity index (χ0n) is 13.6. The maximum Gasteiger partial charge on any atom is 0.258 e. The number of hydrogen-bond donors (Lipinski definition) is 1. The SMILES string of the molecule is O=C(Nc1nonc1N1C(=O)[C@@H]2CCCC[C@H]2C1=O)c1ccccc1Cl. The molecule has 0 spiro atoms. The summed E-state index contributed by atoms with van der Waals surface area (Å²) in [6, 6.07) is 6.49. The van der Waals surface area contributed by atoms with E-state index in [1.54, 1.807) is 24.3 Å². The highest BCUT2D eigenvalue weighted by Crippen LogP contribution is 2.41. The van der Waals surface area contributed by atoms with Gasteiger partial charge in [-0.25, -0.2) is 9.53 Å². The molecule has 2 aromatic rings. The van der Waals surface area contributed by atoms with E-state index in [-0.39, 0.29) is 45.9 Å². The number of anilines is 2. The number of carbonyl (C=O) groups excluding carboxylic acids is 3. The van der Waals surface area contributed by atoms with Gasteiger partial charge in [-0.3, -0.25) is 14.4 Å². The van der Waals surface area contributed by atoms with E-state index in [0.29, 0.717) is 12.8 Å². The lowest BCUT2D eigenvalue weighted by molar-refractivity contribution is -0.122. The molecule has 1 aliphatic heterocycles. The Morgan fingerprint density at radius 2 is 1.77 bits per heavy atom. The van der Waals surface area contributed by atoms with Crippen LogP contribution >= 0.6 is 11.6 Å². The van der Waals surface area contributed by atoms with E-state index in [1.807, 2.05) is 0 Å². The number of benzene rings is 1. The van der Waals surface area contributed by atoms with Gasteiger partial charge >= 0.3 is 0 Å². The highest BCUT2D eigenvalue weighted by atomic mass is 35.5. The Hall–Kier alpha value is -2.74. The molecule has 0 radical (unpaired) electrons. The molecular formula is C17H15ClN4O4. The summed E-state index contributed by atoms with van der Waals surface area (Å²) in [7, 11) is 0. The third-order valence-electron chi connectivity index (χ3n) is 4.87. The van der Waals surface area contributed by atoms with Crippen LogP contribution in [0.4, 0.5) is 11.6 Å². The van der Waals surface area contributed by atoms with Crippen molar-refractivity contribution >= 4 is 41.0 Å². The molecule has 2 aliphatic rings. The fraction of sp³-hybridized carbons (Fsp3) is 0.353. The second kappa shape index (κ2) is 6.53. The minimum absolute atomic E-state index is 0.0877. The van der Waals surface area contributed by atoms with Gasteiger partial charge in [-0.2, -0.15) is 0 Å². The van der Waals surface area contributed by atoms with Crippen LogP contribution < -0.4 is 10.2 Å². The lowest BCUT2D eigenvalue weighted by atomic mass is 9.81. The maximum absolute atomic E-state index is 12.7. The monoisotopic (exact) mass is 374 g/mol. The van der Waals surface area contributed by atoms with E-state index in [2.05, 4.69) is 20.3 Å². The summed E-state index contributed by atoms with van der Waals surface area (Å²) in [4.78, 5) is 38.8. The van der Waals surface area contributed by atoms with E-state index in [1.165, 1.54) is 0 Å². The van der Waals surface area contributed by atoms with Crippen LogP contribution in [0, 0.1) is 11.8 Å². The predicted octanol–water partition coefficient (Wildman–Crippen LogP) is 2.65. The fourth-order valence-corrected chi connectivity index (χ4v) is 3.82. The molecule has 134 valence electrons. The summed E-state index contributed by atoms with van der Waals surface area (Å²) in [5, 5.41) is 10.1. The Labute approximate surface area is 153 Å². The van der Waals surface area contributed by atoms with E-state index >= 15 is 0 Å². The third kappa shape index (κ3) is 2.66. The molecule has 2 heterocycles. The molecule has 2 fully saturated rings. The summed E-state index contributed by atoms with van der Waals surface area (Å²) in [6.45, 7) is 0. The van der Waals surface area contributed by atoms with Gasteiger partial charge in [0, 0.05) is 0 Å². The van der Waals surface area contributed by atoms with Crippen LogP contribution in [0.1, 0.15) is 36.0 Å². The van der Waals surface area contributed by atoms with Gasteiger partial charge in [0.15, 0.2) is 0 Å². The van der Waals surface area contributed by atoms with Crippen LogP contribution in [0.5, 0.6) is 0 Å². The van der Waals surface area contributed by atoms with E-state index in [0.717, 1.165) is 17.7 Å². The molecule has 3 amide bonds. The zero-order valence-corrected chi connectivity index (χ0v) is 14.4. The molecule has 0 bridgehead atoms. The van der Waals surface area contributed by atoms with Crippen molar-refractivity contribution in [3.05, 3.63) is 34.9 Å². The van der Waals surface area contributed by atoms with Gasteiger partial charge < -0.3 is 5.32 Å². The quantitative estimate of drug-likeness (QED) is 0.828. The number of fused-ring (bicyclic) bond motifs is 1. The Balaban J connectivity index is 1.61. The molecule has 2 atom stereocenters. The number of imide groups is 1. The molecular weight excluding hydrogens is 360 g/mol. The van der Waals surface area contributed by atoms with E-state index in [4.69, 9.17) is 11.6 Å². The molecule has 1 aromatic carbocycles. The van der Waals surface area contributed by atoms with Crippen molar-refractivity contribution in [2.24, 2.45) is 11.8 Å². The van der Waals surface area contributed by atoms with Gasteiger partial charge in [0.2, 0.25) is 23.5 Å². The second-order valence-electron chi connectivity index (χ2n) is 6.38. The molecule has 9 heteroatoms. The van der Waals surface area contributed by atoms with Crippen LogP contribution in [-0.2, 0) is 9.59 Å². The second-order valence-corrected chi connectivity index (χ2v) is 6.79. The first kappa shape index (κ1) is 16.7. The minimum atomic E-state index is -0.538. The first-order valence-corrected chi connectivity index (χ1v) is 8.72. The highest BCUT2D eigenvalue weighted by molar-refractivity contribution is 6.34. The van der Waals surface area contributed by atoms with Crippen molar-refractivity contribution in [1.82, 2.24) is 10.3 Å². The van der Waals surface area contributed by atoms with Crippen molar-refractivity contribution in [3.8, 4) is 0 Å². The van der Waals surface area contributed by atoms with Gasteiger partial charge in [0.05, 0.1) is 22.4 Å². The van der Waals surface area contributed by atoms with Crippen LogP contribution in [0.3, 0.4) is 0 Å². The number of nitrogens with one attached hydrogen (secondary N) is 1. The molecule has 8 nitrogen and oxygen atoms in total. The number of amides is 3. The third-order valence-corrected chi connectivity index (χ3v) is 5.20. The Morgan fingerprint density at radius 1 is 1.12 bits per heavy atom. The van der Waals surface area contributed by atoms with Crippen molar-refractivity contribution < 1.29 is 19.0 Å². The Kier molecular flexibility index (Phi) is 4.20. The van der Waals surface area contributed by atoms with Gasteiger partial charge in [-0.1, -0.05) is 36.6 Å². The molecule has 1 aliphatic carbocycles. The van der Waals surface area contributed by atoms with Crippen molar-refractivity contribution in [3.63, 3.8) is 0 Å². The lowest BCUT2D eigenvalue weighted by Gasteiger charge is -2.19. The first-order chi connectivity index (χ1) is 12.6. The Morgan fingerprint density at radius 3 is 2.42 bits per heavy atom.